The molecule has 12 nitrogen and oxygen atoms in total. The van der Waals surface area contributed by atoms with E-state index in [1.807, 2.05) is 18.2 Å². The molecule has 2 aliphatic heterocycles. The number of aliphatic hydroxyl groups excluding tert-OH is 3. The molecule has 10 N–H and O–H groups in total. The Bertz CT molecular complexity index is 2480. The number of Topliss-reactive ketones (excluding diaryl/α,β-unsaturated/α-hetero) is 2. The molecule has 0 amide bonds. The maximum absolute atomic E-state index is 14.8. The van der Waals surface area contributed by atoms with Crippen molar-refractivity contribution in [3.8, 4) is 23.3 Å². The Hall–Kier alpha value is -4.74. The minimum absolute atomic E-state index is 0.0343. The number of piperidine rings is 1. The molecule has 3 saturated carbocycles. The van der Waals surface area contributed by atoms with Crippen LogP contribution in [0.5, 0.6) is 11.5 Å². The highest BCUT2D eigenvalue weighted by atomic mass is 16.5. The molecule has 9 rings (SSSR count). The lowest BCUT2D eigenvalue weighted by molar-refractivity contribution is -0.137. The molecule has 4 fully saturated rings. The highest BCUT2D eigenvalue weighted by Crippen LogP contribution is 2.55. The molecule has 1 spiro atoms. The lowest BCUT2D eigenvalue weighted by Gasteiger charge is -2.58. The van der Waals surface area contributed by atoms with E-state index < -0.39 is 29.6 Å². The van der Waals surface area contributed by atoms with E-state index in [0.717, 1.165) is 72.9 Å². The molecule has 12 heteroatoms. The number of ketones is 2. The number of nitrogens with two attached hydrogens (primary N) is 1. The third-order valence-electron chi connectivity index (χ3n) is 17.6. The van der Waals surface area contributed by atoms with Gasteiger partial charge in [-0.3, -0.25) is 9.59 Å². The number of hydrogen-bond acceptors (Lipinski definition) is 12. The predicted octanol–water partition coefficient (Wildman–Crippen LogP) is 5.57. The number of aryl methyl sites for hydroxylation is 1. The van der Waals surface area contributed by atoms with Crippen molar-refractivity contribution in [1.82, 2.24) is 21.3 Å². The van der Waals surface area contributed by atoms with Gasteiger partial charge < -0.3 is 52.2 Å². The lowest BCUT2D eigenvalue weighted by atomic mass is 9.50. The largest absolute Gasteiger partial charge is 0.504 e. The minimum Gasteiger partial charge on any atom is -0.504 e. The number of rotatable bonds is 14. The average molecular weight is 942 g/mol. The van der Waals surface area contributed by atoms with Gasteiger partial charge in [0.15, 0.2) is 17.3 Å². The summed E-state index contributed by atoms with van der Waals surface area (Å²) in [5.74, 6) is 9.74. The summed E-state index contributed by atoms with van der Waals surface area (Å²) in [4.78, 5) is 27.3. The van der Waals surface area contributed by atoms with E-state index in [9.17, 15) is 30.0 Å². The summed E-state index contributed by atoms with van der Waals surface area (Å²) in [6, 6.07) is 18.1. The SMILES string of the molecule is CCNC[C@@H]1[C@@H]([C@H]2CC[C@@]3(C#C[C@H](C[C@H](O)[C@H](O)C[C@H](C4=CCNC(N)=C4)c4ccc5ccccc5c4)c4cc(O)c(OC)cc4CCC3=O)[C@H](O)C2)C[C@H]2CN[C@@H]3CC(=O)CC[C@@H]3[C@@H]2[C@H]1CNC. The molecule has 370 valence electrons. The predicted molar refractivity (Wildman–Crippen MR) is 269 cm³/mol. The number of hydrogen-bond donors (Lipinski definition) is 9. The number of allylic oxidation sites excluding steroid dienone is 2. The number of aromatic hydroxyl groups is 1. The van der Waals surface area contributed by atoms with Crippen LogP contribution in [0, 0.1) is 58.7 Å². The first-order chi connectivity index (χ1) is 33.4. The van der Waals surface area contributed by atoms with Gasteiger partial charge in [0.25, 0.3) is 0 Å². The van der Waals surface area contributed by atoms with Crippen molar-refractivity contribution in [2.24, 2.45) is 52.6 Å². The van der Waals surface area contributed by atoms with E-state index >= 15 is 0 Å². The van der Waals surface area contributed by atoms with Crippen molar-refractivity contribution in [2.75, 3.05) is 46.9 Å². The highest BCUT2D eigenvalue weighted by molar-refractivity contribution is 5.89. The standard InChI is InChI=1S/C57H75N5O7/c1-4-60-32-46-45(22-40-30-62-48-27-41(63)12-13-42(48)56(40)47(46)31-59-2)38-16-19-57(54(68)25-38)18-15-37(44-29-51(66)52(69-3)24-36(44)11-14-53(57)67)23-49(64)50(65)28-43(39-17-20-61-55(58)26-39)35-10-9-33-7-5-6-8-34(33)21-35/h5-10,17,21,24,26,29,37-38,40,42-43,45-50,54,56,59-62,64-66,68H,4,11-14,16,19-20,22-23,25,27-28,30-32,58H2,1-3H3/t37-,38+,40+,42+,43+,45-,46-,47+,48-,49+,50-,54-,56-,57-/m1/s1. The maximum Gasteiger partial charge on any atom is 0.160 e. The molecular formula is C57H75N5O7. The summed E-state index contributed by atoms with van der Waals surface area (Å²) in [6.07, 6.45) is 6.28. The number of phenolic OH excluding ortho intramolecular Hbond substituents is 1. The Kier molecular flexibility index (Phi) is 15.2. The molecule has 0 aromatic heterocycles. The molecule has 69 heavy (non-hydrogen) atoms. The Balaban J connectivity index is 0.994. The van der Waals surface area contributed by atoms with Gasteiger partial charge in [-0.1, -0.05) is 67.3 Å². The molecule has 0 bridgehead atoms. The summed E-state index contributed by atoms with van der Waals surface area (Å²) in [7, 11) is 3.54. The van der Waals surface area contributed by atoms with Crippen LogP contribution in [0.25, 0.3) is 10.8 Å². The molecule has 6 aliphatic rings. The molecule has 14 atom stereocenters. The second-order valence-corrected chi connectivity index (χ2v) is 21.3. The number of nitrogens with one attached hydrogen (secondary N) is 4. The Labute approximate surface area is 408 Å². The van der Waals surface area contributed by atoms with Crippen molar-refractivity contribution in [3.63, 3.8) is 0 Å². The van der Waals surface area contributed by atoms with Crippen molar-refractivity contribution in [1.29, 1.82) is 0 Å². The smallest absolute Gasteiger partial charge is 0.160 e. The van der Waals surface area contributed by atoms with Gasteiger partial charge in [-0.2, -0.15) is 0 Å². The van der Waals surface area contributed by atoms with Crippen LogP contribution >= 0.6 is 0 Å². The Morgan fingerprint density at radius 2 is 1.78 bits per heavy atom. The molecule has 2 heterocycles. The lowest BCUT2D eigenvalue weighted by Crippen LogP contribution is -2.61. The van der Waals surface area contributed by atoms with Crippen LogP contribution in [0.4, 0.5) is 0 Å². The van der Waals surface area contributed by atoms with Crippen LogP contribution in [0.15, 0.2) is 78.1 Å². The van der Waals surface area contributed by atoms with Gasteiger partial charge in [-0.05, 0) is 177 Å². The number of aliphatic hydroxyl groups is 3. The number of dihydropyridines is 1. The van der Waals surface area contributed by atoms with Crippen molar-refractivity contribution < 1.29 is 34.8 Å². The van der Waals surface area contributed by atoms with Gasteiger partial charge in [0.2, 0.25) is 0 Å². The zero-order valence-electron chi connectivity index (χ0n) is 40.8. The van der Waals surface area contributed by atoms with Crippen molar-refractivity contribution in [3.05, 3.63) is 94.8 Å². The van der Waals surface area contributed by atoms with E-state index in [1.54, 1.807) is 12.1 Å². The molecular weight excluding hydrogens is 867 g/mol. The van der Waals surface area contributed by atoms with Crippen molar-refractivity contribution in [2.45, 2.75) is 114 Å². The molecule has 0 radical (unpaired) electrons. The van der Waals surface area contributed by atoms with E-state index in [2.05, 4.69) is 83.5 Å². The fraction of sp³-hybridized carbons (Fsp3) is 0.579. The quantitative estimate of drug-likeness (QED) is 0.0913. The third kappa shape index (κ3) is 10.1. The van der Waals surface area contributed by atoms with E-state index in [0.29, 0.717) is 91.3 Å². The number of ether oxygens (including phenoxy) is 1. The summed E-state index contributed by atoms with van der Waals surface area (Å²) in [5.41, 5.74) is 8.37. The zero-order valence-corrected chi connectivity index (χ0v) is 40.8. The molecule has 0 unspecified atom stereocenters. The molecule has 1 saturated heterocycles. The average Bonchev–Trinajstić information content (AvgIpc) is 3.40. The van der Waals surface area contributed by atoms with Gasteiger partial charge in [-0.25, -0.2) is 0 Å². The fourth-order valence-corrected chi connectivity index (χ4v) is 14.1. The normalized spacial score (nSPS) is 32.6. The first kappa shape index (κ1) is 49.2. The first-order valence-electron chi connectivity index (χ1n) is 25.9. The van der Waals surface area contributed by atoms with Crippen LogP contribution in [0.2, 0.25) is 0 Å². The highest BCUT2D eigenvalue weighted by Gasteiger charge is 2.55. The van der Waals surface area contributed by atoms with E-state index in [1.165, 1.54) is 7.11 Å². The fourth-order valence-electron chi connectivity index (χ4n) is 14.1. The first-order valence-corrected chi connectivity index (χ1v) is 25.9. The van der Waals surface area contributed by atoms with Crippen LogP contribution in [0.3, 0.4) is 0 Å². The number of benzene rings is 3. The topological polar surface area (TPSA) is 198 Å². The minimum atomic E-state index is -1.30. The van der Waals surface area contributed by atoms with Crippen LogP contribution in [-0.4, -0.2) is 103 Å². The second-order valence-electron chi connectivity index (χ2n) is 21.3. The summed E-state index contributed by atoms with van der Waals surface area (Å²) in [6.45, 7) is 6.28. The summed E-state index contributed by atoms with van der Waals surface area (Å²) < 4.78 is 5.54. The Morgan fingerprint density at radius 1 is 0.957 bits per heavy atom. The van der Waals surface area contributed by atoms with E-state index in [4.69, 9.17) is 10.5 Å². The monoisotopic (exact) mass is 942 g/mol. The van der Waals surface area contributed by atoms with Gasteiger partial charge in [0.05, 0.1) is 31.2 Å². The number of fused-ring (bicyclic) bond motifs is 5. The molecule has 3 aromatic rings. The number of carbonyl (C=O) groups is 2. The van der Waals surface area contributed by atoms with Crippen molar-refractivity contribution >= 4 is 22.3 Å². The van der Waals surface area contributed by atoms with Gasteiger partial charge >= 0.3 is 0 Å². The molecule has 3 aromatic carbocycles. The third-order valence-corrected chi connectivity index (χ3v) is 17.6. The molecule has 4 aliphatic carbocycles. The van der Waals surface area contributed by atoms with Crippen LogP contribution < -0.4 is 31.7 Å². The number of methoxy groups -OCH3 is 1. The second kappa shape index (κ2) is 21.3. The van der Waals surface area contributed by atoms with Crippen LogP contribution in [0.1, 0.15) is 99.7 Å². The number of carbonyl (C=O) groups excluding carboxylic acids is 2. The number of phenols is 1. The van der Waals surface area contributed by atoms with E-state index in [-0.39, 0.29) is 54.4 Å². The summed E-state index contributed by atoms with van der Waals surface area (Å²) >= 11 is 0. The zero-order chi connectivity index (χ0) is 48.4. The Morgan fingerprint density at radius 3 is 2.55 bits per heavy atom. The van der Waals surface area contributed by atoms with Gasteiger partial charge in [0.1, 0.15) is 11.2 Å². The van der Waals surface area contributed by atoms with Gasteiger partial charge in [0, 0.05) is 43.7 Å². The van der Waals surface area contributed by atoms with Crippen LogP contribution in [-0.2, 0) is 16.0 Å². The van der Waals surface area contributed by atoms with Gasteiger partial charge in [-0.15, -0.1) is 0 Å². The summed E-state index contributed by atoms with van der Waals surface area (Å²) in [5, 5.41) is 64.3. The maximum atomic E-state index is 14.8.